The SMILES string of the molecule is CC[C@H](C)[C@H](CC(C)C1CC1C[C@@H](O)[C@@H](CC)C(=O)O)OC. The fourth-order valence-electron chi connectivity index (χ4n) is 3.69. The summed E-state index contributed by atoms with van der Waals surface area (Å²) in [6.07, 6.45) is 3.99. The average Bonchev–Trinajstić information content (AvgIpc) is 3.23. The third kappa shape index (κ3) is 5.24. The van der Waals surface area contributed by atoms with Gasteiger partial charge >= 0.3 is 5.97 Å². The number of carboxylic acid groups (broad SMARTS) is 1. The molecule has 3 unspecified atom stereocenters. The van der Waals surface area contributed by atoms with E-state index in [4.69, 9.17) is 9.84 Å². The number of aliphatic hydroxyl groups excluding tert-OH is 1. The lowest BCUT2D eigenvalue weighted by molar-refractivity contribution is -0.146. The number of methoxy groups -OCH3 is 1. The minimum absolute atomic E-state index is 0.300. The Balaban J connectivity index is 2.42. The maximum Gasteiger partial charge on any atom is 0.309 e. The summed E-state index contributed by atoms with van der Waals surface area (Å²) in [5.41, 5.74) is 0. The average molecular weight is 314 g/mol. The molecule has 1 saturated carbocycles. The number of aliphatic carboxylic acids is 1. The summed E-state index contributed by atoms with van der Waals surface area (Å²) in [4.78, 5) is 11.1. The van der Waals surface area contributed by atoms with Crippen molar-refractivity contribution in [1.82, 2.24) is 0 Å². The van der Waals surface area contributed by atoms with Crippen LogP contribution in [0, 0.1) is 29.6 Å². The molecule has 1 rings (SSSR count). The first kappa shape index (κ1) is 19.4. The molecule has 4 nitrogen and oxygen atoms in total. The molecule has 22 heavy (non-hydrogen) atoms. The second-order valence-electron chi connectivity index (χ2n) is 7.19. The van der Waals surface area contributed by atoms with Crippen LogP contribution in [0.1, 0.15) is 59.8 Å². The smallest absolute Gasteiger partial charge is 0.309 e. The van der Waals surface area contributed by atoms with Gasteiger partial charge in [0.05, 0.1) is 18.1 Å². The molecule has 0 aromatic carbocycles. The van der Waals surface area contributed by atoms with Crippen LogP contribution >= 0.6 is 0 Å². The standard InChI is InChI=1S/C18H34O4/c1-6-11(3)17(22-5)8-12(4)15-9-13(15)10-16(19)14(7-2)18(20)21/h11-17,19H,6-10H2,1-5H3,(H,20,21)/t11-,12?,13?,14+,15?,16+,17-/m0/s1. The summed E-state index contributed by atoms with van der Waals surface area (Å²) < 4.78 is 5.63. The molecule has 0 aromatic heterocycles. The largest absolute Gasteiger partial charge is 0.481 e. The van der Waals surface area contributed by atoms with Gasteiger partial charge in [-0.25, -0.2) is 0 Å². The van der Waals surface area contributed by atoms with Gasteiger partial charge in [0.25, 0.3) is 0 Å². The Labute approximate surface area is 135 Å². The Morgan fingerprint density at radius 1 is 1.27 bits per heavy atom. The summed E-state index contributed by atoms with van der Waals surface area (Å²) in [5, 5.41) is 19.3. The fraction of sp³-hybridized carbons (Fsp3) is 0.944. The molecule has 0 radical (unpaired) electrons. The monoisotopic (exact) mass is 314 g/mol. The number of rotatable bonds is 11. The van der Waals surface area contributed by atoms with E-state index in [0.717, 1.165) is 19.3 Å². The Kier molecular flexibility index (Phi) is 7.84. The van der Waals surface area contributed by atoms with Crippen LogP contribution in [0.15, 0.2) is 0 Å². The zero-order valence-corrected chi connectivity index (χ0v) is 14.8. The summed E-state index contributed by atoms with van der Waals surface area (Å²) in [5.74, 6) is 0.725. The predicted molar refractivity (Wildman–Crippen MR) is 87.7 cm³/mol. The second-order valence-corrected chi connectivity index (χ2v) is 7.19. The number of carboxylic acids is 1. The first-order valence-corrected chi connectivity index (χ1v) is 8.79. The third-order valence-corrected chi connectivity index (χ3v) is 5.66. The first-order valence-electron chi connectivity index (χ1n) is 8.79. The number of hydrogen-bond donors (Lipinski definition) is 2. The van der Waals surface area contributed by atoms with Crippen molar-refractivity contribution >= 4 is 5.97 Å². The minimum atomic E-state index is -0.878. The summed E-state index contributed by atoms with van der Waals surface area (Å²) in [6, 6.07) is 0. The van der Waals surface area contributed by atoms with E-state index in [1.54, 1.807) is 7.11 Å². The lowest BCUT2D eigenvalue weighted by Crippen LogP contribution is -2.28. The van der Waals surface area contributed by atoms with Crippen molar-refractivity contribution in [3.63, 3.8) is 0 Å². The number of ether oxygens (including phenoxy) is 1. The minimum Gasteiger partial charge on any atom is -0.481 e. The summed E-state index contributed by atoms with van der Waals surface area (Å²) in [6.45, 7) is 8.51. The van der Waals surface area contributed by atoms with E-state index in [0.29, 0.717) is 42.6 Å². The molecule has 1 fully saturated rings. The van der Waals surface area contributed by atoms with Gasteiger partial charge in [-0.05, 0) is 49.4 Å². The van der Waals surface area contributed by atoms with E-state index in [1.165, 1.54) is 0 Å². The van der Waals surface area contributed by atoms with Gasteiger partial charge in [-0.1, -0.05) is 34.1 Å². The topological polar surface area (TPSA) is 66.8 Å². The Hall–Kier alpha value is -0.610. The molecule has 1 aliphatic carbocycles. The molecule has 0 bridgehead atoms. The Morgan fingerprint density at radius 3 is 2.36 bits per heavy atom. The molecule has 130 valence electrons. The molecule has 0 aliphatic heterocycles. The van der Waals surface area contributed by atoms with E-state index in [9.17, 15) is 9.90 Å². The molecule has 0 spiro atoms. The van der Waals surface area contributed by atoms with Crippen LogP contribution in [-0.4, -0.2) is 35.5 Å². The van der Waals surface area contributed by atoms with Crippen LogP contribution < -0.4 is 0 Å². The molecule has 2 N–H and O–H groups in total. The van der Waals surface area contributed by atoms with Gasteiger partial charge in [0, 0.05) is 7.11 Å². The van der Waals surface area contributed by atoms with Crippen LogP contribution in [0.3, 0.4) is 0 Å². The third-order valence-electron chi connectivity index (χ3n) is 5.66. The quantitative estimate of drug-likeness (QED) is 0.612. The maximum absolute atomic E-state index is 11.1. The van der Waals surface area contributed by atoms with Crippen LogP contribution in [0.4, 0.5) is 0 Å². The van der Waals surface area contributed by atoms with Crippen molar-refractivity contribution in [3.8, 4) is 0 Å². The molecule has 7 atom stereocenters. The van der Waals surface area contributed by atoms with Gasteiger partial charge in [0.2, 0.25) is 0 Å². The van der Waals surface area contributed by atoms with Crippen molar-refractivity contribution in [1.29, 1.82) is 0 Å². The van der Waals surface area contributed by atoms with Crippen LogP contribution in [0.5, 0.6) is 0 Å². The lowest BCUT2D eigenvalue weighted by Gasteiger charge is -2.25. The van der Waals surface area contributed by atoms with Gasteiger partial charge in [-0.15, -0.1) is 0 Å². The van der Waals surface area contributed by atoms with Crippen molar-refractivity contribution in [3.05, 3.63) is 0 Å². The highest BCUT2D eigenvalue weighted by atomic mass is 16.5. The van der Waals surface area contributed by atoms with Gasteiger partial charge in [-0.2, -0.15) is 0 Å². The Bertz CT molecular complexity index is 344. The highest BCUT2D eigenvalue weighted by molar-refractivity contribution is 5.70. The summed E-state index contributed by atoms with van der Waals surface area (Å²) >= 11 is 0. The molecule has 0 saturated heterocycles. The fourth-order valence-corrected chi connectivity index (χ4v) is 3.69. The van der Waals surface area contributed by atoms with E-state index in [1.807, 2.05) is 6.92 Å². The maximum atomic E-state index is 11.1. The van der Waals surface area contributed by atoms with Gasteiger partial charge in [-0.3, -0.25) is 4.79 Å². The zero-order valence-electron chi connectivity index (χ0n) is 14.8. The number of carbonyl (C=O) groups is 1. The molecule has 0 aromatic rings. The molecule has 4 heteroatoms. The van der Waals surface area contributed by atoms with Crippen molar-refractivity contribution < 1.29 is 19.7 Å². The molecule has 0 heterocycles. The van der Waals surface area contributed by atoms with Crippen LogP contribution in [-0.2, 0) is 9.53 Å². The highest BCUT2D eigenvalue weighted by Gasteiger charge is 2.43. The number of aliphatic hydroxyl groups is 1. The Morgan fingerprint density at radius 2 is 1.91 bits per heavy atom. The van der Waals surface area contributed by atoms with E-state index < -0.39 is 18.0 Å². The van der Waals surface area contributed by atoms with Gasteiger partial charge in [0.1, 0.15) is 0 Å². The van der Waals surface area contributed by atoms with E-state index in [-0.39, 0.29) is 0 Å². The first-order chi connectivity index (χ1) is 10.3. The lowest BCUT2D eigenvalue weighted by atomic mass is 9.88. The molecule has 1 aliphatic rings. The zero-order chi connectivity index (χ0) is 16.9. The predicted octanol–water partition coefficient (Wildman–Crippen LogP) is 3.57. The van der Waals surface area contributed by atoms with Crippen molar-refractivity contribution in [2.75, 3.05) is 7.11 Å². The van der Waals surface area contributed by atoms with Gasteiger partial charge in [0.15, 0.2) is 0 Å². The molecular weight excluding hydrogens is 280 g/mol. The van der Waals surface area contributed by atoms with Crippen molar-refractivity contribution in [2.45, 2.75) is 72.0 Å². The molecular formula is C18H34O4. The van der Waals surface area contributed by atoms with Gasteiger partial charge < -0.3 is 14.9 Å². The van der Waals surface area contributed by atoms with E-state index >= 15 is 0 Å². The second kappa shape index (κ2) is 8.88. The van der Waals surface area contributed by atoms with Crippen molar-refractivity contribution in [2.24, 2.45) is 29.6 Å². The number of hydrogen-bond acceptors (Lipinski definition) is 3. The van der Waals surface area contributed by atoms with Crippen LogP contribution in [0.25, 0.3) is 0 Å². The normalized spacial score (nSPS) is 27.7. The van der Waals surface area contributed by atoms with Crippen LogP contribution in [0.2, 0.25) is 0 Å². The highest BCUT2D eigenvalue weighted by Crippen LogP contribution is 2.49. The van der Waals surface area contributed by atoms with E-state index in [2.05, 4.69) is 20.8 Å². The molecule has 0 amide bonds. The summed E-state index contributed by atoms with van der Waals surface area (Å²) in [7, 11) is 1.79.